The van der Waals surface area contributed by atoms with E-state index in [1.165, 1.54) is 10.5 Å². The third-order valence-electron chi connectivity index (χ3n) is 3.23. The Morgan fingerprint density at radius 2 is 2.12 bits per heavy atom. The van der Waals surface area contributed by atoms with Gasteiger partial charge in [-0.25, -0.2) is 0 Å². The lowest BCUT2D eigenvalue weighted by molar-refractivity contribution is -0.122. The van der Waals surface area contributed by atoms with Gasteiger partial charge in [-0.1, -0.05) is 25.1 Å². The van der Waals surface area contributed by atoms with Gasteiger partial charge in [0.2, 0.25) is 5.91 Å². The second kappa shape index (κ2) is 5.13. The molecule has 0 aliphatic heterocycles. The van der Waals surface area contributed by atoms with Crippen LogP contribution in [0.3, 0.4) is 0 Å². The van der Waals surface area contributed by atoms with Gasteiger partial charge in [0.1, 0.15) is 0 Å². The Bertz CT molecular complexity index is 412. The van der Waals surface area contributed by atoms with Crippen molar-refractivity contribution in [3.05, 3.63) is 29.8 Å². The lowest BCUT2D eigenvalue weighted by atomic mass is 10.0. The summed E-state index contributed by atoms with van der Waals surface area (Å²) in [5.41, 5.74) is 1.23. The first kappa shape index (κ1) is 12.5. The van der Waals surface area contributed by atoms with Crippen molar-refractivity contribution in [2.45, 2.75) is 43.0 Å². The summed E-state index contributed by atoms with van der Waals surface area (Å²) in [6, 6.07) is 8.39. The molecule has 92 valence electrons. The van der Waals surface area contributed by atoms with Crippen molar-refractivity contribution in [3.63, 3.8) is 0 Å². The largest absolute Gasteiger partial charge is 0.347 e. The van der Waals surface area contributed by atoms with E-state index in [4.69, 9.17) is 0 Å². The predicted octanol–water partition coefficient (Wildman–Crippen LogP) is 3.31. The number of hydrogen-bond acceptors (Lipinski definition) is 2. The monoisotopic (exact) mass is 249 g/mol. The van der Waals surface area contributed by atoms with Gasteiger partial charge in [-0.2, -0.15) is 0 Å². The summed E-state index contributed by atoms with van der Waals surface area (Å²) in [6.45, 7) is 2.04. The van der Waals surface area contributed by atoms with Crippen LogP contribution in [0.15, 0.2) is 29.2 Å². The number of carbonyl (C=O) groups excluding carboxylic acids is 1. The lowest BCUT2D eigenvalue weighted by Gasteiger charge is -2.20. The highest BCUT2D eigenvalue weighted by Crippen LogP contribution is 2.48. The van der Waals surface area contributed by atoms with Crippen molar-refractivity contribution in [1.82, 2.24) is 5.32 Å². The molecule has 3 heteroatoms. The quantitative estimate of drug-likeness (QED) is 0.811. The smallest absolute Gasteiger partial charge is 0.220 e. The molecule has 1 fully saturated rings. The minimum absolute atomic E-state index is 0.0636. The fourth-order valence-corrected chi connectivity index (χ4v) is 2.88. The zero-order valence-corrected chi connectivity index (χ0v) is 11.3. The molecule has 1 saturated carbocycles. The van der Waals surface area contributed by atoms with E-state index in [1.54, 1.807) is 11.8 Å². The summed E-state index contributed by atoms with van der Waals surface area (Å²) in [5.74, 6) is 0.181. The van der Waals surface area contributed by atoms with Gasteiger partial charge in [0.25, 0.3) is 0 Å². The fourth-order valence-electron chi connectivity index (χ4n) is 2.18. The van der Waals surface area contributed by atoms with Gasteiger partial charge < -0.3 is 5.32 Å². The van der Waals surface area contributed by atoms with Gasteiger partial charge in [-0.05, 0) is 37.1 Å². The highest BCUT2D eigenvalue weighted by atomic mass is 32.2. The Balaban J connectivity index is 2.18. The van der Waals surface area contributed by atoms with E-state index in [2.05, 4.69) is 35.8 Å². The van der Waals surface area contributed by atoms with E-state index in [0.29, 0.717) is 6.42 Å². The number of rotatable bonds is 5. The molecule has 0 atom stereocenters. The van der Waals surface area contributed by atoms with Gasteiger partial charge in [0.05, 0.1) is 5.54 Å². The number of thioether (sulfide) groups is 1. The van der Waals surface area contributed by atoms with Gasteiger partial charge in [0, 0.05) is 11.3 Å². The zero-order chi connectivity index (χ0) is 12.3. The van der Waals surface area contributed by atoms with Crippen molar-refractivity contribution in [3.8, 4) is 0 Å². The molecular formula is C14H19NOS. The van der Waals surface area contributed by atoms with Crippen LogP contribution in [0, 0.1) is 0 Å². The van der Waals surface area contributed by atoms with Crippen LogP contribution in [0.5, 0.6) is 0 Å². The van der Waals surface area contributed by atoms with Gasteiger partial charge in [0.15, 0.2) is 0 Å². The van der Waals surface area contributed by atoms with Crippen LogP contribution in [-0.2, 0) is 10.3 Å². The molecule has 0 heterocycles. The number of hydrogen-bond donors (Lipinski definition) is 1. The molecular weight excluding hydrogens is 230 g/mol. The highest BCUT2D eigenvalue weighted by Gasteiger charge is 2.46. The Labute approximate surface area is 107 Å². The van der Waals surface area contributed by atoms with Crippen molar-refractivity contribution >= 4 is 17.7 Å². The minimum atomic E-state index is -0.0636. The lowest BCUT2D eigenvalue weighted by Crippen LogP contribution is -2.34. The molecule has 0 radical (unpaired) electrons. The molecule has 0 bridgehead atoms. The van der Waals surface area contributed by atoms with Crippen LogP contribution in [0.4, 0.5) is 0 Å². The topological polar surface area (TPSA) is 29.1 Å². The Morgan fingerprint density at radius 3 is 2.71 bits per heavy atom. The molecule has 0 aromatic heterocycles. The third kappa shape index (κ3) is 2.65. The maximum atomic E-state index is 11.8. The summed E-state index contributed by atoms with van der Waals surface area (Å²) < 4.78 is 0. The maximum absolute atomic E-state index is 11.8. The van der Waals surface area contributed by atoms with E-state index in [-0.39, 0.29) is 11.4 Å². The van der Waals surface area contributed by atoms with Gasteiger partial charge in [-0.15, -0.1) is 11.8 Å². The molecule has 1 N–H and O–H groups in total. The van der Waals surface area contributed by atoms with Crippen LogP contribution in [0.2, 0.25) is 0 Å². The number of amides is 1. The summed E-state index contributed by atoms with van der Waals surface area (Å²) >= 11 is 1.75. The molecule has 1 aromatic carbocycles. The Kier molecular flexibility index (Phi) is 3.77. The van der Waals surface area contributed by atoms with E-state index < -0.39 is 0 Å². The second-order valence-electron chi connectivity index (χ2n) is 4.58. The van der Waals surface area contributed by atoms with Crippen LogP contribution in [-0.4, -0.2) is 12.2 Å². The molecule has 17 heavy (non-hydrogen) atoms. The molecule has 2 nitrogen and oxygen atoms in total. The molecule has 1 aliphatic rings. The van der Waals surface area contributed by atoms with Crippen molar-refractivity contribution in [2.24, 2.45) is 0 Å². The van der Waals surface area contributed by atoms with Crippen LogP contribution in [0.25, 0.3) is 0 Å². The SMILES string of the molecule is CCCC(=O)NC1(c2ccccc2SC)CC1. The Hall–Kier alpha value is -0.960. The molecule has 2 rings (SSSR count). The number of carbonyl (C=O) groups is 1. The summed E-state index contributed by atoms with van der Waals surface area (Å²) in [5, 5.41) is 3.21. The van der Waals surface area contributed by atoms with Crippen molar-refractivity contribution in [1.29, 1.82) is 0 Å². The van der Waals surface area contributed by atoms with Gasteiger partial charge >= 0.3 is 0 Å². The normalized spacial score (nSPS) is 16.6. The van der Waals surface area contributed by atoms with Crippen molar-refractivity contribution in [2.75, 3.05) is 6.26 Å². The first-order chi connectivity index (χ1) is 8.22. The van der Waals surface area contributed by atoms with E-state index >= 15 is 0 Å². The second-order valence-corrected chi connectivity index (χ2v) is 5.43. The first-order valence-corrected chi connectivity index (χ1v) is 7.39. The predicted molar refractivity (Wildman–Crippen MR) is 72.2 cm³/mol. The van der Waals surface area contributed by atoms with Crippen LogP contribution in [0.1, 0.15) is 38.2 Å². The van der Waals surface area contributed by atoms with Crippen LogP contribution >= 0.6 is 11.8 Å². The molecule has 1 aromatic rings. The highest BCUT2D eigenvalue weighted by molar-refractivity contribution is 7.98. The van der Waals surface area contributed by atoms with E-state index in [9.17, 15) is 4.79 Å². The standard InChI is InChI=1S/C14H19NOS/c1-3-6-13(16)15-14(9-10-14)11-7-4-5-8-12(11)17-2/h4-5,7-8H,3,6,9-10H2,1-2H3,(H,15,16). The first-order valence-electron chi connectivity index (χ1n) is 6.16. The summed E-state index contributed by atoms with van der Waals surface area (Å²) in [6.07, 6.45) is 5.76. The Morgan fingerprint density at radius 1 is 1.41 bits per heavy atom. The maximum Gasteiger partial charge on any atom is 0.220 e. The molecule has 0 unspecified atom stereocenters. The van der Waals surface area contributed by atoms with Gasteiger partial charge in [-0.3, -0.25) is 4.79 Å². The number of nitrogens with one attached hydrogen (secondary N) is 1. The zero-order valence-electron chi connectivity index (χ0n) is 10.5. The third-order valence-corrected chi connectivity index (χ3v) is 4.02. The number of benzene rings is 1. The van der Waals surface area contributed by atoms with E-state index in [1.807, 2.05) is 6.92 Å². The molecule has 1 amide bonds. The summed E-state index contributed by atoms with van der Waals surface area (Å²) in [4.78, 5) is 13.0. The fraction of sp³-hybridized carbons (Fsp3) is 0.500. The van der Waals surface area contributed by atoms with E-state index in [0.717, 1.165) is 19.3 Å². The summed E-state index contributed by atoms with van der Waals surface area (Å²) in [7, 11) is 0. The molecule has 0 spiro atoms. The van der Waals surface area contributed by atoms with Crippen LogP contribution < -0.4 is 5.32 Å². The molecule has 1 aliphatic carbocycles. The average Bonchev–Trinajstić information content (AvgIpc) is 3.10. The van der Waals surface area contributed by atoms with Crippen molar-refractivity contribution < 1.29 is 4.79 Å². The molecule has 0 saturated heterocycles. The minimum Gasteiger partial charge on any atom is -0.347 e. The average molecular weight is 249 g/mol.